The summed E-state index contributed by atoms with van der Waals surface area (Å²) in [5.74, 6) is 1.12. The minimum Gasteiger partial charge on any atom is -0.497 e. The Labute approximate surface area is 139 Å². The van der Waals surface area contributed by atoms with Crippen molar-refractivity contribution in [1.29, 1.82) is 0 Å². The number of fused-ring (bicyclic) bond motifs is 1. The third-order valence-electron chi connectivity index (χ3n) is 3.89. The van der Waals surface area contributed by atoms with Gasteiger partial charge < -0.3 is 18.9 Å². The number of hydrogen-bond acceptors (Lipinski definition) is 5. The van der Waals surface area contributed by atoms with Crippen LogP contribution in [0.15, 0.2) is 47.0 Å². The molecule has 3 rings (SSSR count). The molecule has 1 aromatic heterocycles. The molecule has 0 aliphatic rings. The first-order valence-corrected chi connectivity index (χ1v) is 7.46. The van der Waals surface area contributed by atoms with Crippen molar-refractivity contribution in [2.45, 2.75) is 6.42 Å². The number of benzene rings is 2. The van der Waals surface area contributed by atoms with Gasteiger partial charge in [-0.25, -0.2) is 0 Å². The zero-order valence-corrected chi connectivity index (χ0v) is 13.8. The van der Waals surface area contributed by atoms with Gasteiger partial charge >= 0.3 is 0 Å². The van der Waals surface area contributed by atoms with Crippen LogP contribution in [0.2, 0.25) is 0 Å². The maximum absolute atomic E-state index is 12.6. The summed E-state index contributed by atoms with van der Waals surface area (Å²) in [7, 11) is 4.84. The topological polar surface area (TPSA) is 64.8 Å². The minimum absolute atomic E-state index is 0.113. The van der Waals surface area contributed by atoms with Crippen LogP contribution in [-0.4, -0.2) is 32.3 Å². The highest BCUT2D eigenvalue weighted by Gasteiger charge is 2.19. The Bertz CT molecular complexity index is 872. The summed E-state index contributed by atoms with van der Waals surface area (Å²) in [6.07, 6.45) is 0.142. The minimum atomic E-state index is -0.113. The fourth-order valence-corrected chi connectivity index (χ4v) is 2.52. The second kappa shape index (κ2) is 6.62. The van der Waals surface area contributed by atoms with E-state index in [-0.39, 0.29) is 12.3 Å². The zero-order valence-electron chi connectivity index (χ0n) is 13.8. The number of carbonyl (C=O) groups excluding carboxylic acids is 1. The summed E-state index contributed by atoms with van der Waals surface area (Å²) in [6.45, 7) is 0. The Balaban J connectivity index is 1.85. The largest absolute Gasteiger partial charge is 0.497 e. The van der Waals surface area contributed by atoms with Crippen LogP contribution in [0.25, 0.3) is 11.0 Å². The van der Waals surface area contributed by atoms with Crippen molar-refractivity contribution in [1.82, 2.24) is 5.16 Å². The molecule has 2 aromatic carbocycles. The molecule has 24 heavy (non-hydrogen) atoms. The number of methoxy groups -OCH3 is 2. The molecule has 0 fully saturated rings. The first-order chi connectivity index (χ1) is 11.6. The second-order valence-corrected chi connectivity index (χ2v) is 5.29. The predicted molar refractivity (Wildman–Crippen MR) is 90.7 cm³/mol. The van der Waals surface area contributed by atoms with Gasteiger partial charge in [0.2, 0.25) is 5.91 Å². The molecule has 0 aliphatic heterocycles. The van der Waals surface area contributed by atoms with E-state index in [0.717, 1.165) is 5.39 Å². The SMILES string of the molecule is COc1ccc(N(C)C(=O)Cc2noc3ccccc23)c(OC)c1. The van der Waals surface area contributed by atoms with Gasteiger partial charge in [-0.15, -0.1) is 0 Å². The molecule has 0 spiro atoms. The van der Waals surface area contributed by atoms with Crippen molar-refractivity contribution in [3.63, 3.8) is 0 Å². The van der Waals surface area contributed by atoms with E-state index in [0.29, 0.717) is 28.5 Å². The standard InChI is InChI=1S/C18H18N2O4/c1-20(15-9-8-12(22-2)10-17(15)23-3)18(21)11-14-13-6-4-5-7-16(13)24-19-14/h4-10H,11H2,1-3H3. The summed E-state index contributed by atoms with van der Waals surface area (Å²) in [4.78, 5) is 14.2. The smallest absolute Gasteiger partial charge is 0.233 e. The molecule has 0 radical (unpaired) electrons. The summed E-state index contributed by atoms with van der Waals surface area (Å²) in [5.41, 5.74) is 1.95. The second-order valence-electron chi connectivity index (χ2n) is 5.29. The van der Waals surface area contributed by atoms with E-state index in [4.69, 9.17) is 14.0 Å². The summed E-state index contributed by atoms with van der Waals surface area (Å²) < 4.78 is 15.8. The summed E-state index contributed by atoms with van der Waals surface area (Å²) in [6, 6.07) is 12.8. The number of aromatic nitrogens is 1. The van der Waals surface area contributed by atoms with Crippen LogP contribution in [0.3, 0.4) is 0 Å². The Kier molecular flexibility index (Phi) is 4.37. The maximum Gasteiger partial charge on any atom is 0.233 e. The lowest BCUT2D eigenvalue weighted by Crippen LogP contribution is -2.28. The number of anilines is 1. The molecule has 0 atom stereocenters. The number of ether oxygens (including phenoxy) is 2. The molecule has 0 saturated carbocycles. The van der Waals surface area contributed by atoms with Gasteiger partial charge in [0.25, 0.3) is 0 Å². The van der Waals surface area contributed by atoms with Crippen LogP contribution in [0, 0.1) is 0 Å². The van der Waals surface area contributed by atoms with Gasteiger partial charge in [0, 0.05) is 18.5 Å². The zero-order chi connectivity index (χ0) is 17.1. The van der Waals surface area contributed by atoms with Crippen LogP contribution in [0.5, 0.6) is 11.5 Å². The van der Waals surface area contributed by atoms with Crippen molar-refractivity contribution >= 4 is 22.6 Å². The highest BCUT2D eigenvalue weighted by atomic mass is 16.5. The van der Waals surface area contributed by atoms with Crippen LogP contribution in [0.1, 0.15) is 5.69 Å². The average Bonchev–Trinajstić information content (AvgIpc) is 3.03. The third kappa shape index (κ3) is 2.90. The van der Waals surface area contributed by atoms with Crippen LogP contribution in [0.4, 0.5) is 5.69 Å². The van der Waals surface area contributed by atoms with Crippen LogP contribution >= 0.6 is 0 Å². The molecule has 3 aromatic rings. The first-order valence-electron chi connectivity index (χ1n) is 7.46. The molecule has 124 valence electrons. The van der Waals surface area contributed by atoms with Crippen molar-refractivity contribution < 1.29 is 18.8 Å². The first kappa shape index (κ1) is 15.9. The molecule has 6 heteroatoms. The van der Waals surface area contributed by atoms with Gasteiger partial charge in [0.15, 0.2) is 5.58 Å². The van der Waals surface area contributed by atoms with Crippen molar-refractivity contribution in [2.75, 3.05) is 26.2 Å². The lowest BCUT2D eigenvalue weighted by molar-refractivity contribution is -0.117. The fourth-order valence-electron chi connectivity index (χ4n) is 2.52. The van der Waals surface area contributed by atoms with E-state index in [9.17, 15) is 4.79 Å². The highest BCUT2D eigenvalue weighted by molar-refractivity contribution is 5.97. The highest BCUT2D eigenvalue weighted by Crippen LogP contribution is 2.32. The number of likely N-dealkylation sites (N-methyl/N-ethyl adjacent to an activating group) is 1. The van der Waals surface area contributed by atoms with E-state index in [1.165, 1.54) is 0 Å². The lowest BCUT2D eigenvalue weighted by atomic mass is 10.1. The van der Waals surface area contributed by atoms with E-state index < -0.39 is 0 Å². The Morgan fingerprint density at radius 1 is 1.17 bits per heavy atom. The summed E-state index contributed by atoms with van der Waals surface area (Å²) in [5, 5.41) is 4.86. The van der Waals surface area contributed by atoms with Crippen molar-refractivity contribution in [3.05, 3.63) is 48.2 Å². The summed E-state index contributed by atoms with van der Waals surface area (Å²) >= 11 is 0. The molecule has 0 N–H and O–H groups in total. The van der Waals surface area contributed by atoms with E-state index in [1.54, 1.807) is 44.4 Å². The molecule has 0 saturated heterocycles. The van der Waals surface area contributed by atoms with E-state index in [1.807, 2.05) is 24.3 Å². The fraction of sp³-hybridized carbons (Fsp3) is 0.222. The van der Waals surface area contributed by atoms with Gasteiger partial charge in [0.05, 0.1) is 26.3 Å². The van der Waals surface area contributed by atoms with Gasteiger partial charge in [0.1, 0.15) is 17.2 Å². The van der Waals surface area contributed by atoms with Gasteiger partial charge in [-0.2, -0.15) is 0 Å². The maximum atomic E-state index is 12.6. The van der Waals surface area contributed by atoms with Crippen LogP contribution in [-0.2, 0) is 11.2 Å². The monoisotopic (exact) mass is 326 g/mol. The predicted octanol–water partition coefficient (Wildman–Crippen LogP) is 3.05. The third-order valence-corrected chi connectivity index (χ3v) is 3.89. The Hall–Kier alpha value is -3.02. The average molecular weight is 326 g/mol. The van der Waals surface area contributed by atoms with Gasteiger partial charge in [-0.1, -0.05) is 17.3 Å². The number of carbonyl (C=O) groups is 1. The number of para-hydroxylation sites is 1. The molecular formula is C18H18N2O4. The molecular weight excluding hydrogens is 308 g/mol. The Morgan fingerprint density at radius 2 is 1.96 bits per heavy atom. The molecule has 6 nitrogen and oxygen atoms in total. The van der Waals surface area contributed by atoms with Crippen molar-refractivity contribution in [2.24, 2.45) is 0 Å². The normalized spacial score (nSPS) is 10.6. The molecule has 0 unspecified atom stereocenters. The van der Waals surface area contributed by atoms with Crippen molar-refractivity contribution in [3.8, 4) is 11.5 Å². The number of hydrogen-bond donors (Lipinski definition) is 0. The van der Waals surface area contributed by atoms with E-state index in [2.05, 4.69) is 5.16 Å². The number of rotatable bonds is 5. The number of amides is 1. The molecule has 1 heterocycles. The lowest BCUT2D eigenvalue weighted by Gasteiger charge is -2.20. The molecule has 1 amide bonds. The van der Waals surface area contributed by atoms with Gasteiger partial charge in [-0.05, 0) is 24.3 Å². The molecule has 0 aliphatic carbocycles. The molecule has 0 bridgehead atoms. The Morgan fingerprint density at radius 3 is 2.71 bits per heavy atom. The van der Waals surface area contributed by atoms with Crippen LogP contribution < -0.4 is 14.4 Å². The van der Waals surface area contributed by atoms with E-state index >= 15 is 0 Å². The quantitative estimate of drug-likeness (QED) is 0.721. The van der Waals surface area contributed by atoms with Gasteiger partial charge in [-0.3, -0.25) is 4.79 Å². The number of nitrogens with zero attached hydrogens (tertiary/aromatic N) is 2.